The SMILES string of the molecule is CCC1=COC(Cc2ccccc2)O1. The minimum absolute atomic E-state index is 0.132. The van der Waals surface area contributed by atoms with Crippen LogP contribution in [0, 0.1) is 0 Å². The lowest BCUT2D eigenvalue weighted by molar-refractivity contribution is -0.0311. The fourth-order valence-corrected chi connectivity index (χ4v) is 1.44. The molecule has 1 atom stereocenters. The maximum absolute atomic E-state index is 5.55. The first-order valence-corrected chi connectivity index (χ1v) is 4.93. The van der Waals surface area contributed by atoms with E-state index in [0.29, 0.717) is 0 Å². The van der Waals surface area contributed by atoms with Gasteiger partial charge in [-0.15, -0.1) is 0 Å². The van der Waals surface area contributed by atoms with Gasteiger partial charge in [0.25, 0.3) is 0 Å². The van der Waals surface area contributed by atoms with Crippen molar-refractivity contribution in [3.8, 4) is 0 Å². The fraction of sp³-hybridized carbons (Fsp3) is 0.333. The zero-order valence-electron chi connectivity index (χ0n) is 8.27. The molecule has 0 aromatic heterocycles. The molecule has 14 heavy (non-hydrogen) atoms. The second-order valence-electron chi connectivity index (χ2n) is 3.31. The normalized spacial score (nSPS) is 19.8. The zero-order valence-corrected chi connectivity index (χ0v) is 8.27. The molecule has 2 heteroatoms. The van der Waals surface area contributed by atoms with Crippen LogP contribution in [-0.4, -0.2) is 6.29 Å². The van der Waals surface area contributed by atoms with E-state index in [1.165, 1.54) is 5.56 Å². The molecule has 0 aliphatic carbocycles. The van der Waals surface area contributed by atoms with Gasteiger partial charge in [-0.1, -0.05) is 37.3 Å². The van der Waals surface area contributed by atoms with Gasteiger partial charge >= 0.3 is 0 Å². The molecular weight excluding hydrogens is 176 g/mol. The van der Waals surface area contributed by atoms with Crippen LogP contribution in [0.5, 0.6) is 0 Å². The van der Waals surface area contributed by atoms with Crippen LogP contribution in [-0.2, 0) is 15.9 Å². The highest BCUT2D eigenvalue weighted by molar-refractivity contribution is 5.15. The predicted molar refractivity (Wildman–Crippen MR) is 54.5 cm³/mol. The summed E-state index contributed by atoms with van der Waals surface area (Å²) in [6, 6.07) is 10.2. The van der Waals surface area contributed by atoms with E-state index in [9.17, 15) is 0 Å². The van der Waals surface area contributed by atoms with Gasteiger partial charge in [0, 0.05) is 12.8 Å². The van der Waals surface area contributed by atoms with Crippen molar-refractivity contribution in [3.63, 3.8) is 0 Å². The van der Waals surface area contributed by atoms with Crippen molar-refractivity contribution in [1.29, 1.82) is 0 Å². The van der Waals surface area contributed by atoms with Crippen molar-refractivity contribution >= 4 is 0 Å². The quantitative estimate of drug-likeness (QED) is 0.729. The molecule has 2 rings (SSSR count). The molecule has 0 saturated carbocycles. The summed E-state index contributed by atoms with van der Waals surface area (Å²) in [5, 5.41) is 0. The Labute approximate surface area is 84.2 Å². The number of rotatable bonds is 3. The van der Waals surface area contributed by atoms with E-state index >= 15 is 0 Å². The molecule has 0 saturated heterocycles. The van der Waals surface area contributed by atoms with E-state index in [4.69, 9.17) is 9.47 Å². The van der Waals surface area contributed by atoms with Gasteiger partial charge in [0.1, 0.15) is 12.0 Å². The standard InChI is InChI=1S/C12H14O2/c1-2-11-9-13-12(14-11)8-10-6-4-3-5-7-10/h3-7,9,12H,2,8H2,1H3. The Kier molecular flexibility index (Phi) is 2.73. The van der Waals surface area contributed by atoms with Crippen molar-refractivity contribution < 1.29 is 9.47 Å². The zero-order chi connectivity index (χ0) is 9.80. The number of hydrogen-bond acceptors (Lipinski definition) is 2. The average Bonchev–Trinajstić information content (AvgIpc) is 2.67. The van der Waals surface area contributed by atoms with Crippen molar-refractivity contribution in [3.05, 3.63) is 47.9 Å². The second-order valence-corrected chi connectivity index (χ2v) is 3.31. The lowest BCUT2D eigenvalue weighted by Crippen LogP contribution is -2.11. The maximum Gasteiger partial charge on any atom is 0.244 e. The van der Waals surface area contributed by atoms with Crippen molar-refractivity contribution in [2.75, 3.05) is 0 Å². The van der Waals surface area contributed by atoms with E-state index in [1.807, 2.05) is 18.2 Å². The topological polar surface area (TPSA) is 18.5 Å². The summed E-state index contributed by atoms with van der Waals surface area (Å²) in [7, 11) is 0. The first-order valence-electron chi connectivity index (χ1n) is 4.93. The molecule has 1 heterocycles. The first kappa shape index (κ1) is 9.13. The van der Waals surface area contributed by atoms with Gasteiger partial charge in [-0.25, -0.2) is 0 Å². The van der Waals surface area contributed by atoms with Gasteiger partial charge in [0.05, 0.1) is 0 Å². The summed E-state index contributed by atoms with van der Waals surface area (Å²) in [6.45, 7) is 2.06. The van der Waals surface area contributed by atoms with E-state index in [1.54, 1.807) is 6.26 Å². The molecule has 0 radical (unpaired) electrons. The third-order valence-electron chi connectivity index (χ3n) is 2.23. The largest absolute Gasteiger partial charge is 0.459 e. The Morgan fingerprint density at radius 3 is 2.64 bits per heavy atom. The smallest absolute Gasteiger partial charge is 0.244 e. The summed E-state index contributed by atoms with van der Waals surface area (Å²) in [6.07, 6.45) is 3.28. The van der Waals surface area contributed by atoms with Crippen LogP contribution in [0.3, 0.4) is 0 Å². The summed E-state index contributed by atoms with van der Waals surface area (Å²) >= 11 is 0. The minimum atomic E-state index is -0.132. The van der Waals surface area contributed by atoms with Gasteiger partial charge in [0.2, 0.25) is 6.29 Å². The van der Waals surface area contributed by atoms with Crippen LogP contribution in [0.2, 0.25) is 0 Å². The monoisotopic (exact) mass is 190 g/mol. The van der Waals surface area contributed by atoms with Gasteiger partial charge in [-0.2, -0.15) is 0 Å². The Balaban J connectivity index is 1.90. The number of benzene rings is 1. The predicted octanol–water partition coefficient (Wildman–Crippen LogP) is 2.85. The summed E-state index contributed by atoms with van der Waals surface area (Å²) in [5.41, 5.74) is 1.24. The highest BCUT2D eigenvalue weighted by Gasteiger charge is 2.18. The van der Waals surface area contributed by atoms with Gasteiger partial charge in [0.15, 0.2) is 0 Å². The third kappa shape index (κ3) is 2.08. The molecular formula is C12H14O2. The van der Waals surface area contributed by atoms with Crippen molar-refractivity contribution in [2.24, 2.45) is 0 Å². The lowest BCUT2D eigenvalue weighted by Gasteiger charge is -2.11. The number of allylic oxidation sites excluding steroid dienone is 1. The Morgan fingerprint density at radius 1 is 1.21 bits per heavy atom. The molecule has 0 N–H and O–H groups in total. The minimum Gasteiger partial charge on any atom is -0.459 e. The molecule has 0 bridgehead atoms. The molecule has 0 fully saturated rings. The number of hydrogen-bond donors (Lipinski definition) is 0. The lowest BCUT2D eigenvalue weighted by atomic mass is 10.1. The molecule has 0 spiro atoms. The molecule has 0 amide bonds. The van der Waals surface area contributed by atoms with Gasteiger partial charge in [-0.05, 0) is 5.56 Å². The van der Waals surface area contributed by atoms with Gasteiger partial charge < -0.3 is 9.47 Å². The van der Waals surface area contributed by atoms with Gasteiger partial charge in [-0.3, -0.25) is 0 Å². The highest BCUT2D eigenvalue weighted by atomic mass is 16.7. The third-order valence-corrected chi connectivity index (χ3v) is 2.23. The van der Waals surface area contributed by atoms with Crippen LogP contribution in [0.4, 0.5) is 0 Å². The summed E-state index contributed by atoms with van der Waals surface area (Å²) in [5.74, 6) is 0.936. The Morgan fingerprint density at radius 2 is 2.00 bits per heavy atom. The fourth-order valence-electron chi connectivity index (χ4n) is 1.44. The summed E-state index contributed by atoms with van der Waals surface area (Å²) < 4.78 is 10.9. The van der Waals surface area contributed by atoms with Crippen LogP contribution in [0.15, 0.2) is 42.4 Å². The maximum atomic E-state index is 5.55. The van der Waals surface area contributed by atoms with Crippen molar-refractivity contribution in [2.45, 2.75) is 26.1 Å². The molecule has 1 aromatic rings. The Hall–Kier alpha value is -1.44. The Bertz CT molecular complexity index is 316. The summed E-state index contributed by atoms with van der Waals surface area (Å²) in [4.78, 5) is 0. The van der Waals surface area contributed by atoms with E-state index in [-0.39, 0.29) is 6.29 Å². The number of ether oxygens (including phenoxy) is 2. The highest BCUT2D eigenvalue weighted by Crippen LogP contribution is 2.19. The molecule has 74 valence electrons. The molecule has 1 aromatic carbocycles. The van der Waals surface area contributed by atoms with Crippen LogP contribution < -0.4 is 0 Å². The van der Waals surface area contributed by atoms with E-state index in [0.717, 1.165) is 18.6 Å². The van der Waals surface area contributed by atoms with Crippen LogP contribution in [0.25, 0.3) is 0 Å². The van der Waals surface area contributed by atoms with Crippen molar-refractivity contribution in [1.82, 2.24) is 0 Å². The van der Waals surface area contributed by atoms with Crippen LogP contribution >= 0.6 is 0 Å². The molecule has 1 unspecified atom stereocenters. The second kappa shape index (κ2) is 4.18. The molecule has 1 aliphatic heterocycles. The first-order chi connectivity index (χ1) is 6.88. The van der Waals surface area contributed by atoms with E-state index in [2.05, 4.69) is 19.1 Å². The van der Waals surface area contributed by atoms with Crippen LogP contribution in [0.1, 0.15) is 18.9 Å². The molecule has 1 aliphatic rings. The average molecular weight is 190 g/mol. The molecule has 2 nitrogen and oxygen atoms in total. The van der Waals surface area contributed by atoms with E-state index < -0.39 is 0 Å².